The minimum Gasteiger partial charge on any atom is -0.394 e. The SMILES string of the molecule is Nc1ncc(Br)c(N2CCN(Cc3ccc(C(F)(F)F)nc3)CC2)c1N. The fraction of sp³-hybridized carbons (Fsp3) is 0.375. The van der Waals surface area contributed by atoms with Crippen molar-refractivity contribution in [1.82, 2.24) is 14.9 Å². The fourth-order valence-corrected chi connectivity index (χ4v) is 3.47. The zero-order valence-electron chi connectivity index (χ0n) is 13.8. The van der Waals surface area contributed by atoms with Crippen LogP contribution < -0.4 is 16.4 Å². The van der Waals surface area contributed by atoms with E-state index in [-0.39, 0.29) is 0 Å². The maximum Gasteiger partial charge on any atom is 0.433 e. The molecule has 0 amide bonds. The molecule has 1 aliphatic heterocycles. The van der Waals surface area contributed by atoms with Gasteiger partial charge >= 0.3 is 6.18 Å². The first-order valence-corrected chi connectivity index (χ1v) is 8.74. The number of pyridine rings is 2. The molecule has 0 aromatic carbocycles. The van der Waals surface area contributed by atoms with Crippen LogP contribution in [0.15, 0.2) is 29.0 Å². The van der Waals surface area contributed by atoms with Crippen LogP contribution in [0.4, 0.5) is 30.4 Å². The molecule has 1 saturated heterocycles. The molecule has 10 heteroatoms. The normalized spacial score (nSPS) is 16.1. The number of hydrogen-bond donors (Lipinski definition) is 2. The Morgan fingerprint density at radius 1 is 1.04 bits per heavy atom. The van der Waals surface area contributed by atoms with Crippen LogP contribution in [0, 0.1) is 0 Å². The second kappa shape index (κ2) is 7.28. The summed E-state index contributed by atoms with van der Waals surface area (Å²) in [4.78, 5) is 11.8. The summed E-state index contributed by atoms with van der Waals surface area (Å²) in [5.74, 6) is 0.293. The number of anilines is 3. The molecule has 1 aliphatic rings. The molecular formula is C16H18BrF3N6. The Kier molecular flexibility index (Phi) is 5.24. The first kappa shape index (κ1) is 18.7. The van der Waals surface area contributed by atoms with Gasteiger partial charge in [-0.2, -0.15) is 13.2 Å². The predicted molar refractivity (Wildman–Crippen MR) is 97.5 cm³/mol. The number of nitrogens with two attached hydrogens (primary N) is 2. The molecule has 2 aromatic rings. The highest BCUT2D eigenvalue weighted by atomic mass is 79.9. The smallest absolute Gasteiger partial charge is 0.394 e. The van der Waals surface area contributed by atoms with Crippen molar-refractivity contribution >= 4 is 33.1 Å². The zero-order chi connectivity index (χ0) is 18.9. The molecular weight excluding hydrogens is 413 g/mol. The molecule has 140 valence electrons. The van der Waals surface area contributed by atoms with Crippen molar-refractivity contribution in [2.75, 3.05) is 42.5 Å². The monoisotopic (exact) mass is 430 g/mol. The molecule has 0 atom stereocenters. The standard InChI is InChI=1S/C16H18BrF3N6/c17-11-8-24-15(22)13(21)14(11)26-5-3-25(4-6-26)9-10-1-2-12(23-7-10)16(18,19)20/h1-2,7-8H,3-6,9,21H2,(H2,22,24). The fourth-order valence-electron chi connectivity index (χ4n) is 2.90. The lowest BCUT2D eigenvalue weighted by Crippen LogP contribution is -2.46. The minimum atomic E-state index is -4.41. The first-order valence-electron chi connectivity index (χ1n) is 7.94. The van der Waals surface area contributed by atoms with Crippen molar-refractivity contribution in [3.05, 3.63) is 40.3 Å². The summed E-state index contributed by atoms with van der Waals surface area (Å²) in [6, 6.07) is 2.49. The van der Waals surface area contributed by atoms with Gasteiger partial charge in [-0.25, -0.2) is 4.98 Å². The molecule has 0 radical (unpaired) electrons. The van der Waals surface area contributed by atoms with E-state index in [1.54, 1.807) is 6.20 Å². The van der Waals surface area contributed by atoms with E-state index in [0.717, 1.165) is 48.0 Å². The van der Waals surface area contributed by atoms with Crippen LogP contribution in [-0.4, -0.2) is 41.0 Å². The summed E-state index contributed by atoms with van der Waals surface area (Å²) in [5.41, 5.74) is 13.0. The number of alkyl halides is 3. The van der Waals surface area contributed by atoms with E-state index in [2.05, 4.69) is 35.7 Å². The summed E-state index contributed by atoms with van der Waals surface area (Å²) in [7, 11) is 0. The highest BCUT2D eigenvalue weighted by molar-refractivity contribution is 9.10. The van der Waals surface area contributed by atoms with Gasteiger partial charge in [0.1, 0.15) is 11.5 Å². The largest absolute Gasteiger partial charge is 0.433 e. The van der Waals surface area contributed by atoms with Gasteiger partial charge in [-0.3, -0.25) is 9.88 Å². The number of rotatable bonds is 3. The second-order valence-electron chi connectivity index (χ2n) is 6.07. The average molecular weight is 431 g/mol. The summed E-state index contributed by atoms with van der Waals surface area (Å²) < 4.78 is 38.5. The minimum absolute atomic E-state index is 0.293. The highest BCUT2D eigenvalue weighted by Crippen LogP contribution is 2.35. The van der Waals surface area contributed by atoms with Gasteiger partial charge in [0, 0.05) is 45.1 Å². The number of halogens is 4. The van der Waals surface area contributed by atoms with Crippen molar-refractivity contribution in [3.63, 3.8) is 0 Å². The number of hydrogen-bond acceptors (Lipinski definition) is 6. The van der Waals surface area contributed by atoms with Gasteiger partial charge < -0.3 is 16.4 Å². The Bertz CT molecular complexity index is 773. The maximum absolute atomic E-state index is 12.6. The van der Waals surface area contributed by atoms with Crippen LogP contribution in [0.25, 0.3) is 0 Å². The van der Waals surface area contributed by atoms with Crippen LogP contribution in [0.3, 0.4) is 0 Å². The zero-order valence-corrected chi connectivity index (χ0v) is 15.4. The third-order valence-corrected chi connectivity index (χ3v) is 4.86. The Balaban J connectivity index is 1.62. The lowest BCUT2D eigenvalue weighted by Gasteiger charge is -2.37. The lowest BCUT2D eigenvalue weighted by atomic mass is 10.2. The van der Waals surface area contributed by atoms with Gasteiger partial charge in [-0.15, -0.1) is 0 Å². The van der Waals surface area contributed by atoms with E-state index in [4.69, 9.17) is 11.5 Å². The molecule has 0 bridgehead atoms. The predicted octanol–water partition coefficient (Wildman–Crippen LogP) is 2.74. The third kappa shape index (κ3) is 4.01. The molecule has 26 heavy (non-hydrogen) atoms. The van der Waals surface area contributed by atoms with Crippen molar-refractivity contribution in [2.45, 2.75) is 12.7 Å². The van der Waals surface area contributed by atoms with E-state index in [0.29, 0.717) is 18.1 Å². The molecule has 1 fully saturated rings. The summed E-state index contributed by atoms with van der Waals surface area (Å²) in [6.07, 6.45) is -1.50. The second-order valence-corrected chi connectivity index (χ2v) is 6.92. The van der Waals surface area contributed by atoms with Gasteiger partial charge in [0.2, 0.25) is 0 Å². The molecule has 0 aliphatic carbocycles. The summed E-state index contributed by atoms with van der Waals surface area (Å²) in [6.45, 7) is 3.49. The van der Waals surface area contributed by atoms with E-state index < -0.39 is 11.9 Å². The quantitative estimate of drug-likeness (QED) is 0.778. The number of nitrogen functional groups attached to an aromatic ring is 2. The Labute approximate surface area is 157 Å². The Morgan fingerprint density at radius 3 is 2.31 bits per heavy atom. The van der Waals surface area contributed by atoms with Crippen LogP contribution >= 0.6 is 15.9 Å². The third-order valence-electron chi connectivity index (χ3n) is 4.28. The average Bonchev–Trinajstić information content (AvgIpc) is 2.60. The maximum atomic E-state index is 12.6. The molecule has 2 aromatic heterocycles. The number of nitrogens with zero attached hydrogens (tertiary/aromatic N) is 4. The van der Waals surface area contributed by atoms with Crippen molar-refractivity contribution in [2.24, 2.45) is 0 Å². The number of aromatic nitrogens is 2. The van der Waals surface area contributed by atoms with Gasteiger partial charge in [0.25, 0.3) is 0 Å². The van der Waals surface area contributed by atoms with Crippen LogP contribution in [0.5, 0.6) is 0 Å². The molecule has 4 N–H and O–H groups in total. The van der Waals surface area contributed by atoms with Crippen LogP contribution in [0.2, 0.25) is 0 Å². The van der Waals surface area contributed by atoms with Crippen molar-refractivity contribution < 1.29 is 13.2 Å². The Morgan fingerprint density at radius 2 is 1.73 bits per heavy atom. The van der Waals surface area contributed by atoms with E-state index >= 15 is 0 Å². The Hall–Kier alpha value is -2.07. The highest BCUT2D eigenvalue weighted by Gasteiger charge is 2.32. The van der Waals surface area contributed by atoms with Gasteiger partial charge in [0.05, 0.1) is 15.8 Å². The van der Waals surface area contributed by atoms with Crippen LogP contribution in [-0.2, 0) is 12.7 Å². The number of piperazine rings is 1. The summed E-state index contributed by atoms with van der Waals surface area (Å²) in [5, 5.41) is 0. The molecule has 0 saturated carbocycles. The van der Waals surface area contributed by atoms with E-state index in [1.807, 2.05) is 0 Å². The van der Waals surface area contributed by atoms with Crippen LogP contribution in [0.1, 0.15) is 11.3 Å². The molecule has 6 nitrogen and oxygen atoms in total. The topological polar surface area (TPSA) is 84.3 Å². The molecule has 0 unspecified atom stereocenters. The van der Waals surface area contributed by atoms with Crippen molar-refractivity contribution in [3.8, 4) is 0 Å². The van der Waals surface area contributed by atoms with Gasteiger partial charge in [0.15, 0.2) is 0 Å². The van der Waals surface area contributed by atoms with E-state index in [1.165, 1.54) is 12.3 Å². The van der Waals surface area contributed by atoms with E-state index in [9.17, 15) is 13.2 Å². The van der Waals surface area contributed by atoms with Crippen molar-refractivity contribution in [1.29, 1.82) is 0 Å². The lowest BCUT2D eigenvalue weighted by molar-refractivity contribution is -0.141. The molecule has 3 rings (SSSR count). The van der Waals surface area contributed by atoms with Gasteiger partial charge in [-0.1, -0.05) is 6.07 Å². The molecule has 0 spiro atoms. The van der Waals surface area contributed by atoms with Gasteiger partial charge in [-0.05, 0) is 27.6 Å². The molecule has 3 heterocycles. The summed E-state index contributed by atoms with van der Waals surface area (Å²) >= 11 is 3.45. The first-order chi connectivity index (χ1) is 12.3.